The number of fused-ring (bicyclic) bond motifs is 1. The van der Waals surface area contributed by atoms with Crippen LogP contribution in [0.5, 0.6) is 11.5 Å². The molecule has 9 heteroatoms. The zero-order chi connectivity index (χ0) is 27.2. The second-order valence-corrected chi connectivity index (χ2v) is 9.44. The molecule has 4 aromatic rings. The monoisotopic (exact) mass is 528 g/mol. The largest absolute Gasteiger partial charge is 0.493 e. The average molecular weight is 529 g/mol. The molecule has 1 amide bonds. The fourth-order valence-electron chi connectivity index (χ4n) is 4.76. The molecule has 5 rings (SSSR count). The molecule has 0 unspecified atom stereocenters. The third-order valence-corrected chi connectivity index (χ3v) is 6.75. The molecule has 3 aromatic carbocycles. The molecule has 1 N–H and O–H groups in total. The van der Waals surface area contributed by atoms with Crippen LogP contribution in [0.1, 0.15) is 49.4 Å². The summed E-state index contributed by atoms with van der Waals surface area (Å²) in [5.41, 5.74) is 1.64. The highest BCUT2D eigenvalue weighted by molar-refractivity contribution is 5.92. The van der Waals surface area contributed by atoms with Crippen molar-refractivity contribution in [3.8, 4) is 11.5 Å². The minimum Gasteiger partial charge on any atom is -0.493 e. The first kappa shape index (κ1) is 26.1. The van der Waals surface area contributed by atoms with E-state index < -0.39 is 5.91 Å². The molecule has 0 bridgehead atoms. The number of carbonyl (C=O) groups excluding carboxylic acids is 1. The van der Waals surface area contributed by atoms with Crippen LogP contribution in [0.15, 0.2) is 76.6 Å². The number of ether oxygens (including phenoxy) is 2. The van der Waals surface area contributed by atoms with Gasteiger partial charge in [-0.1, -0.05) is 31.4 Å². The molecule has 200 valence electrons. The fourth-order valence-corrected chi connectivity index (χ4v) is 4.76. The molecule has 1 heterocycles. The second-order valence-electron chi connectivity index (χ2n) is 9.44. The number of carbonyl (C=O) groups is 1. The molecule has 1 fully saturated rings. The molecule has 0 saturated heterocycles. The highest BCUT2D eigenvalue weighted by Crippen LogP contribution is 2.32. The quantitative estimate of drug-likeness (QED) is 0.305. The number of halogens is 1. The molecule has 0 radical (unpaired) electrons. The SMILES string of the molecule is COc1cc(C=Nn2c(C3CCCCC3)nc3ccccc3c2=O)ccc1OCC(=O)Nc1ccc(F)cc1. The van der Waals surface area contributed by atoms with Gasteiger partial charge in [0.1, 0.15) is 11.6 Å². The molecule has 1 saturated carbocycles. The number of benzene rings is 3. The molecular weight excluding hydrogens is 499 g/mol. The lowest BCUT2D eigenvalue weighted by Gasteiger charge is -2.22. The Balaban J connectivity index is 1.35. The van der Waals surface area contributed by atoms with Gasteiger partial charge in [0.2, 0.25) is 0 Å². The van der Waals surface area contributed by atoms with Crippen LogP contribution in [0.2, 0.25) is 0 Å². The fraction of sp³-hybridized carbons (Fsp3) is 0.267. The predicted octanol–water partition coefficient (Wildman–Crippen LogP) is 5.49. The van der Waals surface area contributed by atoms with E-state index in [9.17, 15) is 14.0 Å². The topological polar surface area (TPSA) is 94.8 Å². The molecule has 1 aromatic heterocycles. The van der Waals surface area contributed by atoms with Crippen molar-refractivity contribution in [2.24, 2.45) is 5.10 Å². The van der Waals surface area contributed by atoms with Gasteiger partial charge < -0.3 is 14.8 Å². The Labute approximate surface area is 225 Å². The second kappa shape index (κ2) is 11.9. The van der Waals surface area contributed by atoms with E-state index in [1.54, 1.807) is 30.5 Å². The number of amides is 1. The smallest absolute Gasteiger partial charge is 0.282 e. The van der Waals surface area contributed by atoms with E-state index in [4.69, 9.17) is 14.5 Å². The van der Waals surface area contributed by atoms with Crippen molar-refractivity contribution >= 4 is 28.7 Å². The Bertz CT molecular complexity index is 1560. The molecule has 0 aliphatic heterocycles. The van der Waals surface area contributed by atoms with Crippen LogP contribution in [0.4, 0.5) is 10.1 Å². The van der Waals surface area contributed by atoms with Crippen molar-refractivity contribution in [1.29, 1.82) is 0 Å². The molecule has 1 aliphatic rings. The van der Waals surface area contributed by atoms with Crippen LogP contribution in [0.3, 0.4) is 0 Å². The van der Waals surface area contributed by atoms with Crippen molar-refractivity contribution in [2.45, 2.75) is 38.0 Å². The third-order valence-electron chi connectivity index (χ3n) is 6.75. The molecule has 0 spiro atoms. The summed E-state index contributed by atoms with van der Waals surface area (Å²) >= 11 is 0. The van der Waals surface area contributed by atoms with Crippen molar-refractivity contribution < 1.29 is 18.7 Å². The van der Waals surface area contributed by atoms with Crippen molar-refractivity contribution in [3.05, 3.63) is 94.3 Å². The number of hydrogen-bond acceptors (Lipinski definition) is 6. The van der Waals surface area contributed by atoms with Gasteiger partial charge in [-0.2, -0.15) is 9.78 Å². The first-order chi connectivity index (χ1) is 19.0. The highest BCUT2D eigenvalue weighted by Gasteiger charge is 2.22. The number of nitrogens with one attached hydrogen (secondary N) is 1. The summed E-state index contributed by atoms with van der Waals surface area (Å²) in [4.78, 5) is 30.5. The van der Waals surface area contributed by atoms with Crippen molar-refractivity contribution in [1.82, 2.24) is 9.66 Å². The van der Waals surface area contributed by atoms with Gasteiger partial charge in [-0.25, -0.2) is 9.37 Å². The Morgan fingerprint density at radius 1 is 1.08 bits per heavy atom. The van der Waals surface area contributed by atoms with Gasteiger partial charge in [-0.3, -0.25) is 9.59 Å². The van der Waals surface area contributed by atoms with Gasteiger partial charge in [0.15, 0.2) is 18.1 Å². The van der Waals surface area contributed by atoms with Gasteiger partial charge in [0, 0.05) is 11.6 Å². The summed E-state index contributed by atoms with van der Waals surface area (Å²) in [5.74, 6) is 0.868. The summed E-state index contributed by atoms with van der Waals surface area (Å²) in [6.45, 7) is -0.260. The number of hydrogen-bond donors (Lipinski definition) is 1. The standard InChI is InChI=1S/C30H29FN4O4/c1-38-27-17-20(11-16-26(27)39-19-28(36)33-23-14-12-22(31)13-15-23)18-32-35-29(21-7-3-2-4-8-21)34-25-10-6-5-9-24(25)30(35)37/h5-6,9-18,21H,2-4,7-8,19H2,1H3,(H,33,36). The van der Waals surface area contributed by atoms with E-state index >= 15 is 0 Å². The lowest BCUT2D eigenvalue weighted by molar-refractivity contribution is -0.118. The van der Waals surface area contributed by atoms with Gasteiger partial charge in [-0.05, 0) is 73.0 Å². The molecule has 0 atom stereocenters. The third kappa shape index (κ3) is 6.14. The van der Waals surface area contributed by atoms with Gasteiger partial charge in [0.25, 0.3) is 11.5 Å². The zero-order valence-corrected chi connectivity index (χ0v) is 21.6. The van der Waals surface area contributed by atoms with Crippen LogP contribution in [-0.2, 0) is 4.79 Å². The van der Waals surface area contributed by atoms with E-state index in [0.717, 1.165) is 25.7 Å². The van der Waals surface area contributed by atoms with Gasteiger partial charge >= 0.3 is 0 Å². The number of anilines is 1. The molecule has 39 heavy (non-hydrogen) atoms. The predicted molar refractivity (Wildman–Crippen MR) is 148 cm³/mol. The van der Waals surface area contributed by atoms with Crippen LogP contribution in [0, 0.1) is 5.82 Å². The van der Waals surface area contributed by atoms with E-state index in [1.165, 1.54) is 42.5 Å². The Kier molecular flexibility index (Phi) is 7.96. The van der Waals surface area contributed by atoms with E-state index in [-0.39, 0.29) is 23.9 Å². The lowest BCUT2D eigenvalue weighted by atomic mass is 9.88. The van der Waals surface area contributed by atoms with Crippen LogP contribution in [0.25, 0.3) is 10.9 Å². The van der Waals surface area contributed by atoms with Crippen LogP contribution >= 0.6 is 0 Å². The first-order valence-corrected chi connectivity index (χ1v) is 12.9. The maximum absolute atomic E-state index is 13.4. The Morgan fingerprint density at radius 2 is 1.85 bits per heavy atom. The number of rotatable bonds is 8. The van der Waals surface area contributed by atoms with Gasteiger partial charge in [0.05, 0.1) is 24.2 Å². The number of nitrogens with zero attached hydrogens (tertiary/aromatic N) is 3. The van der Waals surface area contributed by atoms with E-state index in [2.05, 4.69) is 10.4 Å². The maximum atomic E-state index is 13.4. The van der Waals surface area contributed by atoms with E-state index in [1.807, 2.05) is 18.2 Å². The van der Waals surface area contributed by atoms with E-state index in [0.29, 0.717) is 39.5 Å². The van der Waals surface area contributed by atoms with Crippen molar-refractivity contribution in [3.63, 3.8) is 0 Å². The Hall–Kier alpha value is -4.53. The number of para-hydroxylation sites is 1. The van der Waals surface area contributed by atoms with Gasteiger partial charge in [-0.15, -0.1) is 0 Å². The normalized spacial score (nSPS) is 14.0. The zero-order valence-electron chi connectivity index (χ0n) is 21.6. The lowest BCUT2D eigenvalue weighted by Crippen LogP contribution is -2.25. The summed E-state index contributed by atoms with van der Waals surface area (Å²) in [5, 5.41) is 7.73. The first-order valence-electron chi connectivity index (χ1n) is 12.9. The summed E-state index contributed by atoms with van der Waals surface area (Å²) in [7, 11) is 1.50. The minimum absolute atomic E-state index is 0.180. The number of methoxy groups -OCH3 is 1. The summed E-state index contributed by atoms with van der Waals surface area (Å²) in [6, 6.07) is 18.0. The summed E-state index contributed by atoms with van der Waals surface area (Å²) < 4.78 is 25.6. The number of aromatic nitrogens is 2. The summed E-state index contributed by atoms with van der Waals surface area (Å²) in [6.07, 6.45) is 6.97. The molecule has 8 nitrogen and oxygen atoms in total. The molecule has 1 aliphatic carbocycles. The van der Waals surface area contributed by atoms with Crippen LogP contribution < -0.4 is 20.3 Å². The maximum Gasteiger partial charge on any atom is 0.282 e. The Morgan fingerprint density at radius 3 is 2.62 bits per heavy atom. The van der Waals surface area contributed by atoms with Crippen LogP contribution in [-0.4, -0.2) is 35.5 Å². The highest BCUT2D eigenvalue weighted by atomic mass is 19.1. The average Bonchev–Trinajstić information content (AvgIpc) is 2.97. The van der Waals surface area contributed by atoms with Crippen molar-refractivity contribution in [2.75, 3.05) is 19.0 Å². The molecular formula is C30H29FN4O4. The minimum atomic E-state index is -0.396.